The van der Waals surface area contributed by atoms with Gasteiger partial charge in [0.1, 0.15) is 11.6 Å². The molecule has 0 aromatic carbocycles. The first-order valence-corrected chi connectivity index (χ1v) is 5.71. The molecule has 2 rings (SSSR count). The summed E-state index contributed by atoms with van der Waals surface area (Å²) >= 11 is 0. The van der Waals surface area contributed by atoms with Crippen molar-refractivity contribution in [3.05, 3.63) is 42.1 Å². The fourth-order valence-electron chi connectivity index (χ4n) is 1.71. The Kier molecular flexibility index (Phi) is 3.73. The van der Waals surface area contributed by atoms with E-state index < -0.39 is 11.7 Å². The maximum Gasteiger partial charge on any atom is 0.419 e. The molecule has 1 N–H and O–H groups in total. The molecule has 102 valence electrons. The minimum atomic E-state index is -4.40. The highest BCUT2D eigenvalue weighted by Crippen LogP contribution is 2.33. The molecule has 2 aromatic rings. The lowest BCUT2D eigenvalue weighted by molar-refractivity contribution is -0.137. The van der Waals surface area contributed by atoms with Crippen LogP contribution in [-0.4, -0.2) is 21.1 Å². The van der Waals surface area contributed by atoms with Gasteiger partial charge in [-0.25, -0.2) is 9.97 Å². The number of anilines is 1. The molecular weight excluding hydrogens is 257 g/mol. The standard InChI is InChI=1S/C12H13F3N4/c1-19-8-7-16-10(19)4-6-18-11-9(12(13,14)15)3-2-5-17-11/h2-3,5,7-8H,4,6H2,1H3,(H,17,18). The minimum Gasteiger partial charge on any atom is -0.369 e. The number of nitrogens with one attached hydrogen (secondary N) is 1. The second kappa shape index (κ2) is 5.29. The van der Waals surface area contributed by atoms with E-state index >= 15 is 0 Å². The first-order valence-electron chi connectivity index (χ1n) is 5.71. The predicted octanol–water partition coefficient (Wildman–Crippen LogP) is 2.49. The predicted molar refractivity (Wildman–Crippen MR) is 64.6 cm³/mol. The maximum atomic E-state index is 12.7. The van der Waals surface area contributed by atoms with E-state index in [9.17, 15) is 13.2 Å². The second-order valence-electron chi connectivity index (χ2n) is 4.03. The van der Waals surface area contributed by atoms with Gasteiger partial charge >= 0.3 is 6.18 Å². The highest BCUT2D eigenvalue weighted by molar-refractivity contribution is 5.45. The van der Waals surface area contributed by atoms with E-state index in [1.165, 1.54) is 12.3 Å². The van der Waals surface area contributed by atoms with Crippen molar-refractivity contribution in [2.75, 3.05) is 11.9 Å². The lowest BCUT2D eigenvalue weighted by atomic mass is 10.2. The van der Waals surface area contributed by atoms with Crippen LogP contribution in [0.2, 0.25) is 0 Å². The van der Waals surface area contributed by atoms with Crippen molar-refractivity contribution in [2.24, 2.45) is 7.05 Å². The van der Waals surface area contributed by atoms with Gasteiger partial charge in [-0.3, -0.25) is 0 Å². The first-order chi connectivity index (χ1) is 8.98. The van der Waals surface area contributed by atoms with Crippen LogP contribution in [0.4, 0.5) is 19.0 Å². The third-order valence-corrected chi connectivity index (χ3v) is 2.68. The molecule has 0 spiro atoms. The number of aryl methyl sites for hydroxylation is 1. The molecule has 0 bridgehead atoms. The number of pyridine rings is 1. The Hall–Kier alpha value is -2.05. The summed E-state index contributed by atoms with van der Waals surface area (Å²) in [5, 5.41) is 2.70. The zero-order chi connectivity index (χ0) is 13.9. The van der Waals surface area contributed by atoms with E-state index in [0.717, 1.165) is 11.9 Å². The number of aromatic nitrogens is 3. The number of nitrogens with zero attached hydrogens (tertiary/aromatic N) is 3. The van der Waals surface area contributed by atoms with Crippen molar-refractivity contribution in [3.63, 3.8) is 0 Å². The van der Waals surface area contributed by atoms with E-state index in [1.54, 1.807) is 12.4 Å². The Balaban J connectivity index is 2.02. The van der Waals surface area contributed by atoms with Gasteiger partial charge in [-0.05, 0) is 12.1 Å². The second-order valence-corrected chi connectivity index (χ2v) is 4.03. The highest BCUT2D eigenvalue weighted by Gasteiger charge is 2.33. The summed E-state index contributed by atoms with van der Waals surface area (Å²) < 4.78 is 40.0. The fourth-order valence-corrected chi connectivity index (χ4v) is 1.71. The number of alkyl halides is 3. The summed E-state index contributed by atoms with van der Waals surface area (Å²) in [4.78, 5) is 7.83. The number of hydrogen-bond donors (Lipinski definition) is 1. The largest absolute Gasteiger partial charge is 0.419 e. The van der Waals surface area contributed by atoms with Gasteiger partial charge in [0.2, 0.25) is 0 Å². The molecular formula is C12H13F3N4. The molecule has 0 aliphatic rings. The normalized spacial score (nSPS) is 11.6. The van der Waals surface area contributed by atoms with Gasteiger partial charge in [-0.1, -0.05) is 0 Å². The van der Waals surface area contributed by atoms with Gasteiger partial charge in [0, 0.05) is 38.6 Å². The van der Waals surface area contributed by atoms with Crippen LogP contribution in [0, 0.1) is 0 Å². The fraction of sp³-hybridized carbons (Fsp3) is 0.333. The van der Waals surface area contributed by atoms with E-state index in [2.05, 4.69) is 15.3 Å². The zero-order valence-corrected chi connectivity index (χ0v) is 10.3. The van der Waals surface area contributed by atoms with Crippen LogP contribution in [0.15, 0.2) is 30.7 Å². The van der Waals surface area contributed by atoms with Crippen LogP contribution in [0.25, 0.3) is 0 Å². The Morgan fingerprint density at radius 2 is 2.05 bits per heavy atom. The quantitative estimate of drug-likeness (QED) is 0.928. The molecule has 2 heterocycles. The van der Waals surface area contributed by atoms with Crippen molar-refractivity contribution in [1.82, 2.24) is 14.5 Å². The van der Waals surface area contributed by atoms with E-state index in [1.807, 2.05) is 11.6 Å². The lowest BCUT2D eigenvalue weighted by Crippen LogP contribution is -2.15. The lowest BCUT2D eigenvalue weighted by Gasteiger charge is -2.12. The highest BCUT2D eigenvalue weighted by atomic mass is 19.4. The monoisotopic (exact) mass is 270 g/mol. The molecule has 0 atom stereocenters. The molecule has 0 aliphatic carbocycles. The van der Waals surface area contributed by atoms with Crippen LogP contribution in [0.5, 0.6) is 0 Å². The molecule has 0 aliphatic heterocycles. The molecule has 0 radical (unpaired) electrons. The zero-order valence-electron chi connectivity index (χ0n) is 10.3. The SMILES string of the molecule is Cn1ccnc1CCNc1ncccc1C(F)(F)F. The number of hydrogen-bond acceptors (Lipinski definition) is 3. The molecule has 0 saturated heterocycles. The maximum absolute atomic E-state index is 12.7. The van der Waals surface area contributed by atoms with E-state index in [4.69, 9.17) is 0 Å². The Labute approximate surface area is 108 Å². The van der Waals surface area contributed by atoms with Gasteiger partial charge in [-0.15, -0.1) is 0 Å². The van der Waals surface area contributed by atoms with E-state index in [-0.39, 0.29) is 5.82 Å². The number of halogens is 3. The van der Waals surface area contributed by atoms with Gasteiger partial charge in [0.25, 0.3) is 0 Å². The summed E-state index contributed by atoms with van der Waals surface area (Å²) in [5.41, 5.74) is -0.755. The molecule has 19 heavy (non-hydrogen) atoms. The van der Waals surface area contributed by atoms with Crippen LogP contribution in [-0.2, 0) is 19.6 Å². The molecule has 4 nitrogen and oxygen atoms in total. The molecule has 2 aromatic heterocycles. The Bertz CT molecular complexity index is 548. The third-order valence-electron chi connectivity index (χ3n) is 2.68. The van der Waals surface area contributed by atoms with Gasteiger partial charge < -0.3 is 9.88 Å². The Morgan fingerprint density at radius 1 is 1.26 bits per heavy atom. The van der Waals surface area contributed by atoms with Gasteiger partial charge in [0.15, 0.2) is 0 Å². The summed E-state index contributed by atoms with van der Waals surface area (Å²) in [6.07, 6.45) is 0.893. The number of imidazole rings is 1. The summed E-state index contributed by atoms with van der Waals surface area (Å²) in [5.74, 6) is 0.654. The van der Waals surface area contributed by atoms with E-state index in [0.29, 0.717) is 13.0 Å². The van der Waals surface area contributed by atoms with Crippen molar-refractivity contribution < 1.29 is 13.2 Å². The van der Waals surface area contributed by atoms with Crippen LogP contribution < -0.4 is 5.32 Å². The average Bonchev–Trinajstić information content (AvgIpc) is 2.75. The minimum absolute atomic E-state index is 0.149. The number of rotatable bonds is 4. The summed E-state index contributed by atoms with van der Waals surface area (Å²) in [6.45, 7) is 0.338. The van der Waals surface area contributed by atoms with Crippen molar-refractivity contribution in [3.8, 4) is 0 Å². The summed E-state index contributed by atoms with van der Waals surface area (Å²) in [6, 6.07) is 2.28. The first kappa shape index (κ1) is 13.4. The average molecular weight is 270 g/mol. The molecule has 0 saturated carbocycles. The van der Waals surface area contributed by atoms with Crippen molar-refractivity contribution >= 4 is 5.82 Å². The molecule has 7 heteroatoms. The van der Waals surface area contributed by atoms with Crippen LogP contribution in [0.1, 0.15) is 11.4 Å². The molecule has 0 fully saturated rings. The van der Waals surface area contributed by atoms with Crippen molar-refractivity contribution in [2.45, 2.75) is 12.6 Å². The van der Waals surface area contributed by atoms with Crippen LogP contribution in [0.3, 0.4) is 0 Å². The van der Waals surface area contributed by atoms with Crippen LogP contribution >= 0.6 is 0 Å². The third kappa shape index (κ3) is 3.24. The molecule has 0 unspecified atom stereocenters. The summed E-state index contributed by atoms with van der Waals surface area (Å²) in [7, 11) is 1.84. The van der Waals surface area contributed by atoms with Crippen molar-refractivity contribution in [1.29, 1.82) is 0 Å². The smallest absolute Gasteiger partial charge is 0.369 e. The Morgan fingerprint density at radius 3 is 2.68 bits per heavy atom. The topological polar surface area (TPSA) is 42.7 Å². The molecule has 0 amide bonds. The van der Waals surface area contributed by atoms with Gasteiger partial charge in [0.05, 0.1) is 5.56 Å². The van der Waals surface area contributed by atoms with Gasteiger partial charge in [-0.2, -0.15) is 13.2 Å².